The van der Waals surface area contributed by atoms with Crippen molar-refractivity contribution in [1.82, 2.24) is 10.2 Å². The lowest BCUT2D eigenvalue weighted by atomic mass is 9.86. The summed E-state index contributed by atoms with van der Waals surface area (Å²) in [5.41, 5.74) is -0.581. The van der Waals surface area contributed by atoms with Crippen molar-refractivity contribution < 1.29 is 19.3 Å². The maximum Gasteiger partial charge on any atom is 0.408 e. The highest BCUT2D eigenvalue weighted by Crippen LogP contribution is 2.15. The molecular formula is C11H20BN2O4. The lowest BCUT2D eigenvalue weighted by Gasteiger charge is -2.23. The van der Waals surface area contributed by atoms with Crippen molar-refractivity contribution in [2.24, 2.45) is 0 Å². The number of carbonyl (C=O) groups is 2. The molecule has 0 aliphatic carbocycles. The van der Waals surface area contributed by atoms with Crippen LogP contribution >= 0.6 is 0 Å². The first-order valence-corrected chi connectivity index (χ1v) is 6.07. The van der Waals surface area contributed by atoms with Crippen molar-refractivity contribution in [3.05, 3.63) is 0 Å². The van der Waals surface area contributed by atoms with Gasteiger partial charge in [0.1, 0.15) is 12.1 Å². The quantitative estimate of drug-likeness (QED) is 0.699. The zero-order chi connectivity index (χ0) is 13.8. The van der Waals surface area contributed by atoms with E-state index in [-0.39, 0.29) is 18.4 Å². The minimum atomic E-state index is -0.612. The molecule has 0 aromatic carbocycles. The third-order valence-corrected chi connectivity index (χ3v) is 2.57. The Labute approximate surface area is 108 Å². The van der Waals surface area contributed by atoms with E-state index < -0.39 is 11.7 Å². The second kappa shape index (κ2) is 6.09. The Balaban J connectivity index is 2.35. The molecule has 0 aromatic rings. The summed E-state index contributed by atoms with van der Waals surface area (Å²) in [7, 11) is 1.03. The molecule has 18 heavy (non-hydrogen) atoms. The van der Waals surface area contributed by atoms with Crippen molar-refractivity contribution in [3.63, 3.8) is 0 Å². The summed E-state index contributed by atoms with van der Waals surface area (Å²) in [6, 6.07) is 0. The summed E-state index contributed by atoms with van der Waals surface area (Å²) in [5, 5.41) is 11.4. The molecule has 0 spiro atoms. The number of likely N-dealkylation sites (tertiary alicyclic amines) is 1. The second-order valence-electron chi connectivity index (χ2n) is 5.30. The third kappa shape index (κ3) is 4.56. The first-order valence-electron chi connectivity index (χ1n) is 6.07. The predicted molar refractivity (Wildman–Crippen MR) is 66.9 cm³/mol. The van der Waals surface area contributed by atoms with E-state index in [4.69, 9.17) is 9.76 Å². The van der Waals surface area contributed by atoms with Crippen molar-refractivity contribution in [2.75, 3.05) is 13.1 Å². The van der Waals surface area contributed by atoms with Crippen molar-refractivity contribution in [1.29, 1.82) is 0 Å². The molecule has 2 N–H and O–H groups in total. The summed E-state index contributed by atoms with van der Waals surface area (Å²) in [6.45, 7) is 5.76. The van der Waals surface area contributed by atoms with Gasteiger partial charge in [-0.15, -0.1) is 0 Å². The summed E-state index contributed by atoms with van der Waals surface area (Å²) >= 11 is 0. The number of hydrogen-bond acceptors (Lipinski definition) is 4. The van der Waals surface area contributed by atoms with Gasteiger partial charge in [-0.25, -0.2) is 4.79 Å². The van der Waals surface area contributed by atoms with E-state index in [1.807, 2.05) is 0 Å². The lowest BCUT2D eigenvalue weighted by Crippen LogP contribution is -2.45. The number of ether oxygens (including phenoxy) is 1. The summed E-state index contributed by atoms with van der Waals surface area (Å²) < 4.78 is 5.03. The minimum Gasteiger partial charge on any atom is -0.452 e. The zero-order valence-corrected chi connectivity index (χ0v) is 11.1. The average Bonchev–Trinajstić information content (AvgIpc) is 2.71. The van der Waals surface area contributed by atoms with Crippen LogP contribution in [0.2, 0.25) is 0 Å². The predicted octanol–water partition coefficient (Wildman–Crippen LogP) is 0.0711. The van der Waals surface area contributed by atoms with Crippen LogP contribution in [0.4, 0.5) is 4.79 Å². The summed E-state index contributed by atoms with van der Waals surface area (Å²) in [6.07, 6.45) is 1.01. The fraction of sp³-hybridized carbons (Fsp3) is 0.818. The van der Waals surface area contributed by atoms with Crippen LogP contribution in [0, 0.1) is 0 Å². The van der Waals surface area contributed by atoms with Gasteiger partial charge in [-0.1, -0.05) is 0 Å². The molecule has 1 aliphatic heterocycles. The average molecular weight is 255 g/mol. The van der Waals surface area contributed by atoms with Crippen LogP contribution in [0.25, 0.3) is 0 Å². The molecule has 7 heteroatoms. The first kappa shape index (κ1) is 14.8. The van der Waals surface area contributed by atoms with E-state index in [9.17, 15) is 9.59 Å². The first-order chi connectivity index (χ1) is 8.33. The Morgan fingerprint density at radius 3 is 2.72 bits per heavy atom. The van der Waals surface area contributed by atoms with Crippen LogP contribution in [0.15, 0.2) is 0 Å². The van der Waals surface area contributed by atoms with E-state index in [1.165, 1.54) is 0 Å². The molecule has 1 heterocycles. The Morgan fingerprint density at radius 1 is 1.50 bits per heavy atom. The Bertz CT molecular complexity index is 317. The van der Waals surface area contributed by atoms with Gasteiger partial charge in [-0.05, 0) is 33.6 Å². The molecule has 101 valence electrons. The molecular weight excluding hydrogens is 235 g/mol. The number of carbonyl (C=O) groups excluding carboxylic acids is 2. The van der Waals surface area contributed by atoms with Gasteiger partial charge in [0.05, 0.1) is 0 Å². The van der Waals surface area contributed by atoms with E-state index in [0.717, 1.165) is 20.3 Å². The van der Waals surface area contributed by atoms with E-state index in [0.29, 0.717) is 6.54 Å². The molecule has 1 fully saturated rings. The topological polar surface area (TPSA) is 78.9 Å². The number of nitrogens with zero attached hydrogens (tertiary/aromatic N) is 1. The van der Waals surface area contributed by atoms with Crippen LogP contribution in [-0.4, -0.2) is 54.0 Å². The molecule has 1 radical (unpaired) electrons. The SMILES string of the molecule is CC(C)(C)OC(=O)NCC(=O)N1CCCC1[B]O. The summed E-state index contributed by atoms with van der Waals surface area (Å²) in [4.78, 5) is 24.7. The maximum atomic E-state index is 11.8. The smallest absolute Gasteiger partial charge is 0.408 e. The van der Waals surface area contributed by atoms with E-state index >= 15 is 0 Å². The molecule has 6 nitrogen and oxygen atoms in total. The van der Waals surface area contributed by atoms with Gasteiger partial charge in [0, 0.05) is 12.5 Å². The third-order valence-electron chi connectivity index (χ3n) is 2.57. The number of alkyl carbamates (subject to hydrolysis) is 1. The highest BCUT2D eigenvalue weighted by molar-refractivity contribution is 6.28. The Kier molecular flexibility index (Phi) is 5.01. The lowest BCUT2D eigenvalue weighted by molar-refractivity contribution is -0.130. The molecule has 1 unspecified atom stereocenters. The van der Waals surface area contributed by atoms with Gasteiger partial charge in [0.2, 0.25) is 5.91 Å². The van der Waals surface area contributed by atoms with Crippen molar-refractivity contribution in [3.8, 4) is 0 Å². The number of hydrogen-bond donors (Lipinski definition) is 2. The highest BCUT2D eigenvalue weighted by Gasteiger charge is 2.29. The van der Waals surface area contributed by atoms with Gasteiger partial charge in [-0.2, -0.15) is 0 Å². The Hall–Kier alpha value is -1.24. The van der Waals surface area contributed by atoms with Crippen LogP contribution in [0.3, 0.4) is 0 Å². The van der Waals surface area contributed by atoms with Crippen LogP contribution < -0.4 is 5.32 Å². The van der Waals surface area contributed by atoms with Gasteiger partial charge >= 0.3 is 13.6 Å². The highest BCUT2D eigenvalue weighted by atomic mass is 16.6. The van der Waals surface area contributed by atoms with Gasteiger partial charge < -0.3 is 20.0 Å². The normalized spacial score (nSPS) is 19.6. The van der Waals surface area contributed by atoms with Crippen LogP contribution in [-0.2, 0) is 9.53 Å². The van der Waals surface area contributed by atoms with E-state index in [2.05, 4.69) is 5.32 Å². The van der Waals surface area contributed by atoms with Crippen LogP contribution in [0.5, 0.6) is 0 Å². The molecule has 0 bridgehead atoms. The van der Waals surface area contributed by atoms with Gasteiger partial charge in [0.25, 0.3) is 0 Å². The summed E-state index contributed by atoms with van der Waals surface area (Å²) in [5.74, 6) is -0.452. The van der Waals surface area contributed by atoms with E-state index in [1.54, 1.807) is 25.7 Å². The molecule has 1 rings (SSSR count). The standard InChI is InChI=1S/C11H20BN2O4/c1-11(2,3)18-10(16)13-7-9(15)14-6-4-5-8(14)12-17/h8,17H,4-7H2,1-3H3,(H,13,16). The van der Waals surface area contributed by atoms with Crippen LogP contribution in [0.1, 0.15) is 33.6 Å². The molecule has 1 saturated heterocycles. The number of rotatable bonds is 3. The largest absolute Gasteiger partial charge is 0.452 e. The van der Waals surface area contributed by atoms with Gasteiger partial charge in [-0.3, -0.25) is 4.79 Å². The number of amides is 2. The minimum absolute atomic E-state index is 0.112. The van der Waals surface area contributed by atoms with Gasteiger partial charge in [0.15, 0.2) is 0 Å². The second-order valence-corrected chi connectivity index (χ2v) is 5.30. The fourth-order valence-electron chi connectivity index (χ4n) is 1.82. The monoisotopic (exact) mass is 255 g/mol. The molecule has 0 aromatic heterocycles. The molecule has 1 aliphatic rings. The maximum absolute atomic E-state index is 11.8. The number of nitrogens with one attached hydrogen (secondary N) is 1. The van der Waals surface area contributed by atoms with Crippen molar-refractivity contribution >= 4 is 19.5 Å². The fourth-order valence-corrected chi connectivity index (χ4v) is 1.82. The molecule has 0 saturated carbocycles. The van der Waals surface area contributed by atoms with Crippen molar-refractivity contribution in [2.45, 2.75) is 45.2 Å². The Morgan fingerprint density at radius 2 is 2.17 bits per heavy atom. The zero-order valence-electron chi connectivity index (χ0n) is 11.1. The molecule has 2 amide bonds. The molecule has 1 atom stereocenters.